The van der Waals surface area contributed by atoms with Gasteiger partial charge in [0.2, 0.25) is 0 Å². The van der Waals surface area contributed by atoms with E-state index in [1.165, 1.54) is 0 Å². The fourth-order valence-electron chi connectivity index (χ4n) is 2.84. The molecular weight excluding hydrogens is 364 g/mol. The molecule has 8 heteroatoms. The van der Waals surface area contributed by atoms with Gasteiger partial charge in [0.25, 0.3) is 10.0 Å². The number of methoxy groups -OCH3 is 1. The zero-order valence-electron chi connectivity index (χ0n) is 15.6. The van der Waals surface area contributed by atoms with E-state index < -0.39 is 10.0 Å². The molecule has 0 aliphatic carbocycles. The zero-order valence-corrected chi connectivity index (χ0v) is 16.4. The van der Waals surface area contributed by atoms with Crippen molar-refractivity contribution in [3.05, 3.63) is 59.4 Å². The maximum Gasteiger partial charge on any atom is 0.265 e. The molecule has 1 heterocycles. The lowest BCUT2D eigenvalue weighted by Gasteiger charge is -2.13. The lowest BCUT2D eigenvalue weighted by molar-refractivity contribution is 0.416. The number of sulfonamides is 1. The predicted octanol–water partition coefficient (Wildman–Crippen LogP) is 3.89. The molecule has 0 aliphatic rings. The number of nitrogens with one attached hydrogen (secondary N) is 3. The fraction of sp³-hybridized carbons (Fsp3) is 0.211. The largest absolute Gasteiger partial charge is 0.495 e. The quantitative estimate of drug-likeness (QED) is 0.597. The lowest BCUT2D eigenvalue weighted by Crippen LogP contribution is -2.14. The molecule has 27 heavy (non-hydrogen) atoms. The molecular formula is C19H22N4O3S. The third-order valence-electron chi connectivity index (χ3n) is 4.10. The average Bonchev–Trinajstić information content (AvgIpc) is 2.96. The Morgan fingerprint density at radius 1 is 1.00 bits per heavy atom. The average molecular weight is 386 g/mol. The van der Waals surface area contributed by atoms with Gasteiger partial charge in [-0.25, -0.2) is 8.42 Å². The summed E-state index contributed by atoms with van der Waals surface area (Å²) in [7, 11) is -2.08. The Bertz CT molecular complexity index is 1040. The van der Waals surface area contributed by atoms with Crippen molar-refractivity contribution in [1.82, 2.24) is 10.2 Å². The van der Waals surface area contributed by atoms with Crippen LogP contribution in [0.1, 0.15) is 17.0 Å². The van der Waals surface area contributed by atoms with Crippen molar-refractivity contribution in [3.63, 3.8) is 0 Å². The van der Waals surface area contributed by atoms with Gasteiger partial charge >= 0.3 is 0 Å². The van der Waals surface area contributed by atoms with E-state index in [1.807, 2.05) is 25.1 Å². The van der Waals surface area contributed by atoms with Gasteiger partial charge in [-0.05, 0) is 62.7 Å². The second kappa shape index (κ2) is 7.32. The van der Waals surface area contributed by atoms with Crippen molar-refractivity contribution >= 4 is 27.1 Å². The topological polar surface area (TPSA) is 96.1 Å². The summed E-state index contributed by atoms with van der Waals surface area (Å²) in [6.07, 6.45) is 0. The van der Waals surface area contributed by atoms with Crippen LogP contribution in [0, 0.1) is 20.8 Å². The van der Waals surface area contributed by atoms with Crippen molar-refractivity contribution in [2.75, 3.05) is 17.1 Å². The van der Waals surface area contributed by atoms with E-state index in [4.69, 9.17) is 4.74 Å². The van der Waals surface area contributed by atoms with E-state index in [0.29, 0.717) is 17.1 Å². The summed E-state index contributed by atoms with van der Waals surface area (Å²) < 4.78 is 33.1. The Labute approximate surface area is 158 Å². The molecule has 0 atom stereocenters. The Morgan fingerprint density at radius 2 is 1.67 bits per heavy atom. The zero-order chi connectivity index (χ0) is 19.6. The van der Waals surface area contributed by atoms with Gasteiger partial charge in [-0.3, -0.25) is 9.82 Å². The normalized spacial score (nSPS) is 11.3. The smallest absolute Gasteiger partial charge is 0.265 e. The fourth-order valence-corrected chi connectivity index (χ4v) is 4.27. The third kappa shape index (κ3) is 4.06. The number of hydrogen-bond acceptors (Lipinski definition) is 5. The number of aryl methyl sites for hydroxylation is 3. The molecule has 0 saturated carbocycles. The Balaban J connectivity index is 1.79. The Kier molecular flexibility index (Phi) is 5.09. The van der Waals surface area contributed by atoms with Gasteiger partial charge in [0.15, 0.2) is 0 Å². The highest BCUT2D eigenvalue weighted by molar-refractivity contribution is 7.92. The minimum Gasteiger partial charge on any atom is -0.495 e. The monoisotopic (exact) mass is 386 g/mol. The molecule has 0 saturated heterocycles. The molecule has 3 rings (SSSR count). The number of hydrogen-bond donors (Lipinski definition) is 3. The van der Waals surface area contributed by atoms with Crippen LogP contribution < -0.4 is 14.8 Å². The van der Waals surface area contributed by atoms with E-state index in [1.54, 1.807) is 45.2 Å². The predicted molar refractivity (Wildman–Crippen MR) is 106 cm³/mol. The maximum absolute atomic E-state index is 12.6. The van der Waals surface area contributed by atoms with Crippen molar-refractivity contribution in [2.24, 2.45) is 0 Å². The first-order chi connectivity index (χ1) is 12.8. The molecule has 0 bridgehead atoms. The van der Waals surface area contributed by atoms with Crippen molar-refractivity contribution in [2.45, 2.75) is 25.7 Å². The second-order valence-corrected chi connectivity index (χ2v) is 7.89. The molecule has 0 fully saturated rings. The standard InChI is InChI=1S/C19H22N4O3S/c1-12-5-10-18(26-4)17(11-12)20-15-6-8-16(9-7-15)23-27(24,25)19-13(2)21-22-14(19)3/h5-11,20,23H,1-4H3,(H,21,22). The molecule has 0 radical (unpaired) electrons. The maximum atomic E-state index is 12.6. The molecule has 2 aromatic carbocycles. The SMILES string of the molecule is COc1ccc(C)cc1Nc1ccc(NS(=O)(=O)c2c(C)n[nH]c2C)cc1. The lowest BCUT2D eigenvalue weighted by atomic mass is 10.2. The molecule has 0 unspecified atom stereocenters. The summed E-state index contributed by atoms with van der Waals surface area (Å²) >= 11 is 0. The van der Waals surface area contributed by atoms with Gasteiger partial charge in [0.05, 0.1) is 24.2 Å². The first-order valence-electron chi connectivity index (χ1n) is 8.36. The minimum atomic E-state index is -3.70. The van der Waals surface area contributed by atoms with Gasteiger partial charge in [-0.2, -0.15) is 5.10 Å². The molecule has 0 aliphatic heterocycles. The van der Waals surface area contributed by atoms with Gasteiger partial charge in [-0.15, -0.1) is 0 Å². The van der Waals surface area contributed by atoms with Crippen molar-refractivity contribution < 1.29 is 13.2 Å². The Morgan fingerprint density at radius 3 is 2.26 bits per heavy atom. The van der Waals surface area contributed by atoms with Gasteiger partial charge in [0, 0.05) is 11.4 Å². The molecule has 0 amide bonds. The van der Waals surface area contributed by atoms with Crippen LogP contribution in [0.15, 0.2) is 47.4 Å². The second-order valence-electron chi connectivity index (χ2n) is 6.27. The summed E-state index contributed by atoms with van der Waals surface area (Å²) in [6, 6.07) is 12.9. The summed E-state index contributed by atoms with van der Waals surface area (Å²) in [4.78, 5) is 0.175. The third-order valence-corrected chi connectivity index (χ3v) is 5.74. The van der Waals surface area contributed by atoms with Crippen molar-refractivity contribution in [3.8, 4) is 5.75 Å². The summed E-state index contributed by atoms with van der Waals surface area (Å²) in [5, 5.41) is 9.91. The van der Waals surface area contributed by atoms with Crippen LogP contribution in [0.25, 0.3) is 0 Å². The van der Waals surface area contributed by atoms with Crippen LogP contribution in [0.4, 0.5) is 17.1 Å². The molecule has 7 nitrogen and oxygen atoms in total. The molecule has 142 valence electrons. The van der Waals surface area contributed by atoms with E-state index in [9.17, 15) is 8.42 Å². The van der Waals surface area contributed by atoms with Crippen LogP contribution in [0.3, 0.4) is 0 Å². The van der Waals surface area contributed by atoms with Crippen LogP contribution >= 0.6 is 0 Å². The highest BCUT2D eigenvalue weighted by Crippen LogP contribution is 2.29. The molecule has 0 spiro atoms. The number of H-pyrrole nitrogens is 1. The number of benzene rings is 2. The van der Waals surface area contributed by atoms with Crippen molar-refractivity contribution in [1.29, 1.82) is 0 Å². The van der Waals surface area contributed by atoms with E-state index in [0.717, 1.165) is 22.7 Å². The van der Waals surface area contributed by atoms with Crippen LogP contribution in [0.2, 0.25) is 0 Å². The number of anilines is 3. The van der Waals surface area contributed by atoms with Crippen LogP contribution in [0.5, 0.6) is 5.75 Å². The van der Waals surface area contributed by atoms with E-state index >= 15 is 0 Å². The molecule has 3 aromatic rings. The number of rotatable bonds is 6. The first kappa shape index (κ1) is 18.8. The van der Waals surface area contributed by atoms with Crippen LogP contribution in [-0.4, -0.2) is 25.7 Å². The van der Waals surface area contributed by atoms with Gasteiger partial charge in [0.1, 0.15) is 10.6 Å². The van der Waals surface area contributed by atoms with Crippen LogP contribution in [-0.2, 0) is 10.0 Å². The number of aromatic amines is 1. The summed E-state index contributed by atoms with van der Waals surface area (Å²) in [5.74, 6) is 0.733. The number of ether oxygens (including phenoxy) is 1. The minimum absolute atomic E-state index is 0.175. The van der Waals surface area contributed by atoms with Gasteiger partial charge < -0.3 is 10.1 Å². The highest BCUT2D eigenvalue weighted by Gasteiger charge is 2.22. The molecule has 1 aromatic heterocycles. The summed E-state index contributed by atoms with van der Waals surface area (Å²) in [5.41, 5.74) is 4.17. The first-order valence-corrected chi connectivity index (χ1v) is 9.84. The highest BCUT2D eigenvalue weighted by atomic mass is 32.2. The summed E-state index contributed by atoms with van der Waals surface area (Å²) in [6.45, 7) is 5.33. The van der Waals surface area contributed by atoms with Gasteiger partial charge in [-0.1, -0.05) is 6.07 Å². The number of aromatic nitrogens is 2. The molecule has 3 N–H and O–H groups in total. The Hall–Kier alpha value is -3.00. The number of nitrogens with zero attached hydrogens (tertiary/aromatic N) is 1. The van der Waals surface area contributed by atoms with E-state index in [2.05, 4.69) is 20.2 Å². The van der Waals surface area contributed by atoms with E-state index in [-0.39, 0.29) is 4.90 Å².